The van der Waals surface area contributed by atoms with Gasteiger partial charge in [-0.25, -0.2) is 4.98 Å². The van der Waals surface area contributed by atoms with E-state index in [1.807, 2.05) is 0 Å². The predicted molar refractivity (Wildman–Crippen MR) is 56.2 cm³/mol. The van der Waals surface area contributed by atoms with Crippen LogP contribution in [0, 0.1) is 0 Å². The lowest BCUT2D eigenvalue weighted by Gasteiger charge is -2.03. The van der Waals surface area contributed by atoms with Gasteiger partial charge in [-0.3, -0.25) is 9.59 Å². The van der Waals surface area contributed by atoms with Gasteiger partial charge in [0.15, 0.2) is 5.82 Å². The van der Waals surface area contributed by atoms with E-state index in [2.05, 4.69) is 15.1 Å². The molecule has 2 rings (SSSR count). The van der Waals surface area contributed by atoms with Crippen molar-refractivity contribution in [3.8, 4) is 11.6 Å². The fourth-order valence-corrected chi connectivity index (χ4v) is 1.40. The minimum atomic E-state index is -1.18. The second-order valence-electron chi connectivity index (χ2n) is 3.43. The Bertz CT molecular complexity index is 568. The first kappa shape index (κ1) is 11.1. The van der Waals surface area contributed by atoms with E-state index in [1.54, 1.807) is 6.20 Å². The van der Waals surface area contributed by atoms with E-state index in [4.69, 9.17) is 15.4 Å². The Labute approximate surface area is 94.4 Å². The van der Waals surface area contributed by atoms with Gasteiger partial charge in [0.05, 0.1) is 5.56 Å². The zero-order valence-electron chi connectivity index (χ0n) is 8.64. The SMILES string of the molecule is N[C@H](Cc1c(-c2ncc[nH]2)o[nH]c1=O)C(=O)O. The molecule has 0 aliphatic carbocycles. The van der Waals surface area contributed by atoms with Gasteiger partial charge in [0, 0.05) is 18.8 Å². The number of hydrogen-bond donors (Lipinski definition) is 4. The van der Waals surface area contributed by atoms with Gasteiger partial charge in [0.1, 0.15) is 6.04 Å². The molecule has 2 aromatic rings. The summed E-state index contributed by atoms with van der Waals surface area (Å²) >= 11 is 0. The number of nitrogens with zero attached hydrogens (tertiary/aromatic N) is 1. The maximum Gasteiger partial charge on any atom is 0.320 e. The molecule has 0 amide bonds. The molecular formula is C9H10N4O4. The topological polar surface area (TPSA) is 138 Å². The van der Waals surface area contributed by atoms with Crippen LogP contribution in [0.25, 0.3) is 11.6 Å². The number of carbonyl (C=O) groups is 1. The molecule has 0 aliphatic heterocycles. The first-order chi connectivity index (χ1) is 8.09. The Kier molecular flexibility index (Phi) is 2.79. The van der Waals surface area contributed by atoms with Gasteiger partial charge in [-0.2, -0.15) is 5.16 Å². The van der Waals surface area contributed by atoms with Crippen molar-refractivity contribution >= 4 is 5.97 Å². The van der Waals surface area contributed by atoms with Crippen molar-refractivity contribution in [3.63, 3.8) is 0 Å². The molecule has 0 saturated carbocycles. The van der Waals surface area contributed by atoms with Crippen LogP contribution >= 0.6 is 0 Å². The summed E-state index contributed by atoms with van der Waals surface area (Å²) in [5.74, 6) is -0.663. The maximum atomic E-state index is 11.5. The Morgan fingerprint density at radius 3 is 3.00 bits per heavy atom. The second-order valence-corrected chi connectivity index (χ2v) is 3.43. The van der Waals surface area contributed by atoms with Crippen LogP contribution in [-0.4, -0.2) is 32.2 Å². The van der Waals surface area contributed by atoms with Gasteiger partial charge in [0.25, 0.3) is 5.56 Å². The molecule has 1 atom stereocenters. The number of hydrogen-bond acceptors (Lipinski definition) is 5. The Balaban J connectivity index is 2.37. The summed E-state index contributed by atoms with van der Waals surface area (Å²) in [5, 5.41) is 10.8. The van der Waals surface area contributed by atoms with Crippen molar-refractivity contribution in [1.29, 1.82) is 0 Å². The number of nitrogens with one attached hydrogen (secondary N) is 2. The summed E-state index contributed by atoms with van der Waals surface area (Å²) < 4.78 is 4.94. The number of aliphatic carboxylic acids is 1. The lowest BCUT2D eigenvalue weighted by atomic mass is 10.1. The number of carboxylic acid groups (broad SMARTS) is 1. The van der Waals surface area contributed by atoms with Crippen LogP contribution in [0.15, 0.2) is 21.7 Å². The molecule has 17 heavy (non-hydrogen) atoms. The third-order valence-corrected chi connectivity index (χ3v) is 2.25. The molecule has 0 bridgehead atoms. The van der Waals surface area contributed by atoms with Crippen molar-refractivity contribution in [2.45, 2.75) is 12.5 Å². The Hall–Kier alpha value is -2.35. The van der Waals surface area contributed by atoms with E-state index >= 15 is 0 Å². The molecule has 90 valence electrons. The minimum absolute atomic E-state index is 0.128. The van der Waals surface area contributed by atoms with E-state index in [-0.39, 0.29) is 17.7 Å². The first-order valence-electron chi connectivity index (χ1n) is 4.78. The van der Waals surface area contributed by atoms with Gasteiger partial charge < -0.3 is 20.3 Å². The van der Waals surface area contributed by atoms with E-state index in [0.717, 1.165) is 0 Å². The number of carboxylic acids is 1. The normalized spacial score (nSPS) is 12.5. The lowest BCUT2D eigenvalue weighted by Crippen LogP contribution is -2.33. The molecular weight excluding hydrogens is 228 g/mol. The van der Waals surface area contributed by atoms with E-state index in [9.17, 15) is 9.59 Å². The van der Waals surface area contributed by atoms with Gasteiger partial charge in [0.2, 0.25) is 5.76 Å². The van der Waals surface area contributed by atoms with Crippen LogP contribution in [0.2, 0.25) is 0 Å². The third-order valence-electron chi connectivity index (χ3n) is 2.25. The number of rotatable bonds is 4. The highest BCUT2D eigenvalue weighted by Crippen LogP contribution is 2.17. The van der Waals surface area contributed by atoms with Crippen molar-refractivity contribution in [1.82, 2.24) is 15.1 Å². The van der Waals surface area contributed by atoms with Crippen LogP contribution in [0.5, 0.6) is 0 Å². The fraction of sp³-hybridized carbons (Fsp3) is 0.222. The molecule has 5 N–H and O–H groups in total. The van der Waals surface area contributed by atoms with Crippen LogP contribution in [0.4, 0.5) is 0 Å². The highest BCUT2D eigenvalue weighted by atomic mass is 16.5. The molecule has 0 fully saturated rings. The summed E-state index contributed by atoms with van der Waals surface area (Å²) in [6, 6.07) is -1.16. The van der Waals surface area contributed by atoms with E-state index < -0.39 is 17.6 Å². The number of nitrogens with two attached hydrogens (primary N) is 1. The molecule has 8 heteroatoms. The first-order valence-corrected chi connectivity index (χ1v) is 4.78. The molecule has 0 spiro atoms. The number of aromatic nitrogens is 3. The molecule has 0 radical (unpaired) electrons. The largest absolute Gasteiger partial charge is 0.480 e. The maximum absolute atomic E-state index is 11.5. The monoisotopic (exact) mass is 238 g/mol. The fourth-order valence-electron chi connectivity index (χ4n) is 1.40. The molecule has 8 nitrogen and oxygen atoms in total. The minimum Gasteiger partial charge on any atom is -0.480 e. The Morgan fingerprint density at radius 2 is 2.41 bits per heavy atom. The smallest absolute Gasteiger partial charge is 0.320 e. The molecule has 0 unspecified atom stereocenters. The second kappa shape index (κ2) is 4.26. The molecule has 0 aromatic carbocycles. The summed E-state index contributed by atoms with van der Waals surface area (Å²) in [6.45, 7) is 0. The summed E-state index contributed by atoms with van der Waals surface area (Å²) in [4.78, 5) is 28.8. The quantitative estimate of drug-likeness (QED) is 0.556. The highest BCUT2D eigenvalue weighted by molar-refractivity contribution is 5.74. The van der Waals surface area contributed by atoms with Gasteiger partial charge >= 0.3 is 5.97 Å². The Morgan fingerprint density at radius 1 is 1.65 bits per heavy atom. The summed E-state index contributed by atoms with van der Waals surface area (Å²) in [7, 11) is 0. The average Bonchev–Trinajstić information content (AvgIpc) is 2.89. The van der Waals surface area contributed by atoms with E-state index in [0.29, 0.717) is 5.82 Å². The van der Waals surface area contributed by atoms with Crippen LogP contribution < -0.4 is 11.3 Å². The summed E-state index contributed by atoms with van der Waals surface area (Å²) in [5.41, 5.74) is 5.03. The molecule has 0 saturated heterocycles. The standard InChI is InChI=1S/C9H10N4O4/c10-5(9(15)16)3-4-6(17-13-8(4)14)7-11-1-2-12-7/h1-2,5H,3,10H2,(H,11,12)(H,13,14)(H,15,16)/t5-/m1/s1. The van der Waals surface area contributed by atoms with Crippen LogP contribution in [-0.2, 0) is 11.2 Å². The van der Waals surface area contributed by atoms with E-state index in [1.165, 1.54) is 6.20 Å². The van der Waals surface area contributed by atoms with Gasteiger partial charge in [-0.1, -0.05) is 0 Å². The van der Waals surface area contributed by atoms with Crippen LogP contribution in [0.1, 0.15) is 5.56 Å². The van der Waals surface area contributed by atoms with Crippen molar-refractivity contribution in [3.05, 3.63) is 28.3 Å². The molecule has 2 heterocycles. The molecule has 2 aromatic heterocycles. The zero-order chi connectivity index (χ0) is 12.4. The van der Waals surface area contributed by atoms with Gasteiger partial charge in [-0.05, 0) is 0 Å². The molecule has 0 aliphatic rings. The predicted octanol–water partition coefficient (Wildman–Crippen LogP) is -0.688. The number of H-pyrrole nitrogens is 2. The van der Waals surface area contributed by atoms with Crippen molar-refractivity contribution < 1.29 is 14.4 Å². The highest BCUT2D eigenvalue weighted by Gasteiger charge is 2.22. The van der Waals surface area contributed by atoms with Crippen LogP contribution in [0.3, 0.4) is 0 Å². The number of imidazole rings is 1. The number of aromatic amines is 2. The van der Waals surface area contributed by atoms with Crippen molar-refractivity contribution in [2.24, 2.45) is 5.73 Å². The third kappa shape index (κ3) is 2.11. The lowest BCUT2D eigenvalue weighted by molar-refractivity contribution is -0.138. The summed E-state index contributed by atoms with van der Waals surface area (Å²) in [6.07, 6.45) is 2.92. The van der Waals surface area contributed by atoms with Crippen molar-refractivity contribution in [2.75, 3.05) is 0 Å². The zero-order valence-corrected chi connectivity index (χ0v) is 8.64. The average molecular weight is 238 g/mol. The van der Waals surface area contributed by atoms with Gasteiger partial charge in [-0.15, -0.1) is 0 Å².